The van der Waals surface area contributed by atoms with Crippen molar-refractivity contribution in [1.82, 2.24) is 0 Å². The first-order chi connectivity index (χ1) is 10.5. The molecule has 1 rings (SSSR count). The highest BCUT2D eigenvalue weighted by Gasteiger charge is 2.18. The molecule has 0 atom stereocenters. The van der Waals surface area contributed by atoms with E-state index in [1.807, 2.05) is 0 Å². The minimum absolute atomic E-state index is 0.0151. The summed E-state index contributed by atoms with van der Waals surface area (Å²) in [7, 11) is 0. The van der Waals surface area contributed by atoms with Gasteiger partial charge in [-0.2, -0.15) is 0 Å². The number of nitrogens with zero attached hydrogens (tertiary/aromatic N) is 2. The quantitative estimate of drug-likeness (QED) is 0.449. The fraction of sp³-hybridized carbons (Fsp3) is 0.286. The van der Waals surface area contributed by atoms with E-state index >= 15 is 0 Å². The number of benzene rings is 1. The van der Waals surface area contributed by atoms with Crippen LogP contribution in [-0.2, 0) is 9.53 Å². The van der Waals surface area contributed by atoms with Crippen LogP contribution in [0.15, 0.2) is 36.9 Å². The highest BCUT2D eigenvalue weighted by atomic mass is 16.6. The zero-order valence-corrected chi connectivity index (χ0v) is 11.8. The first kappa shape index (κ1) is 17.2. The standard InChI is InChI=1S/C14H16N2O6/c1-2-10-22-14(19)15(9-3-4-13(17)18)11-5-7-12(8-6-11)16(20)21/h2,5-8H,1,3-4,9-10H2,(H,17,18). The average molecular weight is 308 g/mol. The molecular formula is C14H16N2O6. The summed E-state index contributed by atoms with van der Waals surface area (Å²) >= 11 is 0. The van der Waals surface area contributed by atoms with Crippen molar-refractivity contribution >= 4 is 23.4 Å². The molecule has 0 aliphatic heterocycles. The van der Waals surface area contributed by atoms with Crippen LogP contribution in [0.3, 0.4) is 0 Å². The number of carbonyl (C=O) groups is 2. The fourth-order valence-corrected chi connectivity index (χ4v) is 1.68. The number of carboxylic acids is 1. The van der Waals surface area contributed by atoms with Gasteiger partial charge in [-0.15, -0.1) is 0 Å². The van der Waals surface area contributed by atoms with Crippen LogP contribution in [0.4, 0.5) is 16.2 Å². The van der Waals surface area contributed by atoms with Gasteiger partial charge in [-0.1, -0.05) is 12.7 Å². The summed E-state index contributed by atoms with van der Waals surface area (Å²) in [6.45, 7) is 3.57. The smallest absolute Gasteiger partial charge is 0.414 e. The van der Waals surface area contributed by atoms with Crippen molar-refractivity contribution in [3.8, 4) is 0 Å². The van der Waals surface area contributed by atoms with Gasteiger partial charge in [-0.05, 0) is 18.6 Å². The summed E-state index contributed by atoms with van der Waals surface area (Å²) in [6, 6.07) is 5.35. The van der Waals surface area contributed by atoms with Crippen LogP contribution in [0.25, 0.3) is 0 Å². The van der Waals surface area contributed by atoms with E-state index in [1.54, 1.807) is 0 Å². The van der Waals surface area contributed by atoms with Crippen molar-refractivity contribution < 1.29 is 24.4 Å². The van der Waals surface area contributed by atoms with Crippen molar-refractivity contribution in [3.05, 3.63) is 47.0 Å². The van der Waals surface area contributed by atoms with Gasteiger partial charge in [-0.3, -0.25) is 19.8 Å². The van der Waals surface area contributed by atoms with E-state index in [-0.39, 0.29) is 31.7 Å². The number of non-ortho nitro benzene ring substituents is 1. The van der Waals surface area contributed by atoms with Gasteiger partial charge in [0, 0.05) is 30.8 Å². The summed E-state index contributed by atoms with van der Waals surface area (Å²) in [5.41, 5.74) is 0.291. The Hall–Kier alpha value is -2.90. The summed E-state index contributed by atoms with van der Waals surface area (Å²) in [5.74, 6) is -0.969. The Morgan fingerprint density at radius 1 is 1.36 bits per heavy atom. The van der Waals surface area contributed by atoms with Crippen molar-refractivity contribution in [3.63, 3.8) is 0 Å². The van der Waals surface area contributed by atoms with Gasteiger partial charge >= 0.3 is 12.1 Å². The van der Waals surface area contributed by atoms with E-state index in [9.17, 15) is 19.7 Å². The molecule has 1 aromatic rings. The molecule has 0 aromatic heterocycles. The Bertz CT molecular complexity index is 555. The van der Waals surface area contributed by atoms with Gasteiger partial charge in [0.1, 0.15) is 6.61 Å². The number of amides is 1. The molecule has 0 saturated carbocycles. The first-order valence-electron chi connectivity index (χ1n) is 6.47. The molecule has 118 valence electrons. The van der Waals surface area contributed by atoms with E-state index in [1.165, 1.54) is 35.2 Å². The van der Waals surface area contributed by atoms with Crippen LogP contribution in [0.1, 0.15) is 12.8 Å². The molecule has 0 radical (unpaired) electrons. The highest BCUT2D eigenvalue weighted by molar-refractivity contribution is 5.87. The molecule has 0 heterocycles. The normalized spacial score (nSPS) is 9.82. The Morgan fingerprint density at radius 3 is 2.50 bits per heavy atom. The third-order valence-electron chi connectivity index (χ3n) is 2.69. The monoisotopic (exact) mass is 308 g/mol. The van der Waals surface area contributed by atoms with Crippen LogP contribution in [0.2, 0.25) is 0 Å². The topological polar surface area (TPSA) is 110 Å². The maximum atomic E-state index is 12.0. The predicted octanol–water partition coefficient (Wildman–Crippen LogP) is 2.59. The van der Waals surface area contributed by atoms with Crippen LogP contribution in [0.5, 0.6) is 0 Å². The Balaban J connectivity index is 2.87. The number of anilines is 1. The molecule has 0 unspecified atom stereocenters. The summed E-state index contributed by atoms with van der Waals surface area (Å²) in [4.78, 5) is 33.8. The largest absolute Gasteiger partial charge is 0.481 e. The van der Waals surface area contributed by atoms with Crippen molar-refractivity contribution in [2.75, 3.05) is 18.1 Å². The minimum atomic E-state index is -0.969. The number of aliphatic carboxylic acids is 1. The zero-order valence-electron chi connectivity index (χ0n) is 11.8. The predicted molar refractivity (Wildman–Crippen MR) is 78.9 cm³/mol. The molecule has 8 heteroatoms. The van der Waals surface area contributed by atoms with Gasteiger partial charge in [0.15, 0.2) is 0 Å². The van der Waals surface area contributed by atoms with E-state index < -0.39 is 17.0 Å². The van der Waals surface area contributed by atoms with Crippen LogP contribution < -0.4 is 4.90 Å². The fourth-order valence-electron chi connectivity index (χ4n) is 1.68. The second kappa shape index (κ2) is 8.40. The van der Waals surface area contributed by atoms with Gasteiger partial charge in [0.25, 0.3) is 5.69 Å². The summed E-state index contributed by atoms with van der Waals surface area (Å²) < 4.78 is 4.93. The van der Waals surface area contributed by atoms with Gasteiger partial charge < -0.3 is 9.84 Å². The van der Waals surface area contributed by atoms with Crippen molar-refractivity contribution in [2.24, 2.45) is 0 Å². The lowest BCUT2D eigenvalue weighted by Gasteiger charge is -2.21. The lowest BCUT2D eigenvalue weighted by Crippen LogP contribution is -2.32. The molecule has 0 saturated heterocycles. The van der Waals surface area contributed by atoms with E-state index in [2.05, 4.69) is 6.58 Å². The molecular weight excluding hydrogens is 292 g/mol. The molecule has 8 nitrogen and oxygen atoms in total. The molecule has 1 N–H and O–H groups in total. The average Bonchev–Trinajstić information content (AvgIpc) is 2.49. The van der Waals surface area contributed by atoms with E-state index in [0.717, 1.165) is 0 Å². The number of hydrogen-bond acceptors (Lipinski definition) is 5. The number of nitro groups is 1. The second-order valence-electron chi connectivity index (χ2n) is 4.29. The number of carbonyl (C=O) groups excluding carboxylic acids is 1. The lowest BCUT2D eigenvalue weighted by molar-refractivity contribution is -0.384. The highest BCUT2D eigenvalue weighted by Crippen LogP contribution is 2.20. The van der Waals surface area contributed by atoms with Gasteiger partial charge in [0.05, 0.1) is 4.92 Å². The first-order valence-corrected chi connectivity index (χ1v) is 6.47. The minimum Gasteiger partial charge on any atom is -0.481 e. The third-order valence-corrected chi connectivity index (χ3v) is 2.69. The SMILES string of the molecule is C=CCOC(=O)N(CCCC(=O)O)c1ccc([N+](=O)[O-])cc1. The zero-order chi connectivity index (χ0) is 16.5. The number of ether oxygens (including phenoxy) is 1. The summed E-state index contributed by atoms with van der Waals surface area (Å²) in [5, 5.41) is 19.3. The number of nitro benzene ring substituents is 1. The number of carboxylic acid groups (broad SMARTS) is 1. The van der Waals surface area contributed by atoms with Crippen LogP contribution in [-0.4, -0.2) is 35.2 Å². The van der Waals surface area contributed by atoms with E-state index in [0.29, 0.717) is 5.69 Å². The molecule has 22 heavy (non-hydrogen) atoms. The van der Waals surface area contributed by atoms with Crippen LogP contribution in [0, 0.1) is 10.1 Å². The second-order valence-corrected chi connectivity index (χ2v) is 4.29. The maximum absolute atomic E-state index is 12.0. The van der Waals surface area contributed by atoms with Crippen LogP contribution >= 0.6 is 0 Å². The molecule has 0 spiro atoms. The lowest BCUT2D eigenvalue weighted by atomic mass is 10.2. The van der Waals surface area contributed by atoms with Crippen molar-refractivity contribution in [2.45, 2.75) is 12.8 Å². The Morgan fingerprint density at radius 2 is 2.00 bits per heavy atom. The molecule has 1 aromatic carbocycles. The molecule has 0 aliphatic carbocycles. The number of hydrogen-bond donors (Lipinski definition) is 1. The molecule has 0 aliphatic rings. The van der Waals surface area contributed by atoms with Crippen molar-refractivity contribution in [1.29, 1.82) is 0 Å². The van der Waals surface area contributed by atoms with Gasteiger partial charge in [0.2, 0.25) is 0 Å². The molecule has 0 bridgehead atoms. The third kappa shape index (κ3) is 5.23. The molecule has 1 amide bonds. The maximum Gasteiger partial charge on any atom is 0.414 e. The molecule has 0 fully saturated rings. The Labute approximate surface area is 126 Å². The Kier molecular flexibility index (Phi) is 6.55. The summed E-state index contributed by atoms with van der Waals surface area (Å²) in [6.07, 6.45) is 0.871. The number of rotatable bonds is 8. The van der Waals surface area contributed by atoms with Gasteiger partial charge in [-0.25, -0.2) is 4.79 Å². The van der Waals surface area contributed by atoms with E-state index in [4.69, 9.17) is 9.84 Å².